The summed E-state index contributed by atoms with van der Waals surface area (Å²) in [5.74, 6) is 0.265. The van der Waals surface area contributed by atoms with Crippen LogP contribution in [-0.2, 0) is 17.9 Å². The monoisotopic (exact) mass is 362 g/mol. The van der Waals surface area contributed by atoms with Crippen LogP contribution in [0.25, 0.3) is 0 Å². The van der Waals surface area contributed by atoms with Gasteiger partial charge in [0.15, 0.2) is 5.96 Å². The molecule has 0 aliphatic carbocycles. The van der Waals surface area contributed by atoms with Crippen molar-refractivity contribution in [3.8, 4) is 0 Å². The fourth-order valence-electron chi connectivity index (χ4n) is 2.16. The Morgan fingerprint density at radius 2 is 2.04 bits per heavy atom. The van der Waals surface area contributed by atoms with Crippen molar-refractivity contribution in [2.75, 3.05) is 27.7 Å². The molecule has 0 radical (unpaired) electrons. The van der Waals surface area contributed by atoms with E-state index in [2.05, 4.69) is 10.3 Å². The second-order valence-electron chi connectivity index (χ2n) is 5.85. The molecule has 5 nitrogen and oxygen atoms in total. The summed E-state index contributed by atoms with van der Waals surface area (Å²) in [5.41, 5.74) is 0.840. The van der Waals surface area contributed by atoms with Crippen LogP contribution in [0.5, 0.6) is 0 Å². The van der Waals surface area contributed by atoms with Crippen molar-refractivity contribution in [2.24, 2.45) is 4.99 Å². The third-order valence-corrected chi connectivity index (χ3v) is 4.41. The van der Waals surface area contributed by atoms with E-state index in [1.54, 1.807) is 31.5 Å². The van der Waals surface area contributed by atoms with Gasteiger partial charge >= 0.3 is 0 Å². The number of nitrogens with zero attached hydrogens (tertiary/aromatic N) is 3. The zero-order valence-corrected chi connectivity index (χ0v) is 15.5. The van der Waals surface area contributed by atoms with Gasteiger partial charge in [-0.05, 0) is 29.1 Å². The number of guanidine groups is 1. The zero-order chi connectivity index (χ0) is 18.2. The molecule has 1 aromatic carbocycles. The maximum atomic E-state index is 13.4. The Morgan fingerprint density at radius 1 is 1.24 bits per heavy atom. The molecule has 0 saturated carbocycles. The number of hydrogen-bond acceptors (Lipinski definition) is 3. The Bertz CT molecular complexity index is 716. The van der Waals surface area contributed by atoms with Crippen molar-refractivity contribution in [2.45, 2.75) is 13.1 Å². The van der Waals surface area contributed by atoms with Crippen LogP contribution in [0, 0.1) is 5.82 Å². The fraction of sp³-hybridized carbons (Fsp3) is 0.333. The average molecular weight is 362 g/mol. The lowest BCUT2D eigenvalue weighted by Gasteiger charge is -2.23. The average Bonchev–Trinajstić information content (AvgIpc) is 3.07. The van der Waals surface area contributed by atoms with E-state index < -0.39 is 0 Å². The van der Waals surface area contributed by atoms with Crippen LogP contribution in [0.3, 0.4) is 0 Å². The summed E-state index contributed by atoms with van der Waals surface area (Å²) in [7, 11) is 5.27. The van der Waals surface area contributed by atoms with Gasteiger partial charge in [0.25, 0.3) is 0 Å². The summed E-state index contributed by atoms with van der Waals surface area (Å²) in [6.07, 6.45) is 0. The van der Waals surface area contributed by atoms with Crippen LogP contribution in [0.15, 0.2) is 46.8 Å². The van der Waals surface area contributed by atoms with E-state index in [4.69, 9.17) is 0 Å². The Kier molecular flexibility index (Phi) is 6.94. The quantitative estimate of drug-likeness (QED) is 0.635. The van der Waals surface area contributed by atoms with Crippen molar-refractivity contribution in [3.05, 3.63) is 58.0 Å². The molecule has 0 saturated heterocycles. The molecule has 0 bridgehead atoms. The molecular weight excluding hydrogens is 339 g/mol. The normalized spacial score (nSPS) is 11.3. The Balaban J connectivity index is 2.08. The highest BCUT2D eigenvalue weighted by molar-refractivity contribution is 7.09. The van der Waals surface area contributed by atoms with Gasteiger partial charge in [-0.15, -0.1) is 11.3 Å². The number of likely N-dealkylation sites (N-methyl/N-ethyl adjacent to an activating group) is 1. The third kappa shape index (κ3) is 6.19. The summed E-state index contributed by atoms with van der Waals surface area (Å²) in [6, 6.07) is 10.5. The van der Waals surface area contributed by atoms with E-state index in [1.165, 1.54) is 21.9 Å². The van der Waals surface area contributed by atoms with Gasteiger partial charge in [-0.25, -0.2) is 9.38 Å². The second-order valence-corrected chi connectivity index (χ2v) is 6.88. The number of rotatable bonds is 6. The minimum atomic E-state index is -0.265. The summed E-state index contributed by atoms with van der Waals surface area (Å²) in [4.78, 5) is 20.8. The maximum absolute atomic E-state index is 13.4. The molecule has 2 rings (SSSR count). The molecule has 0 aliphatic heterocycles. The molecule has 25 heavy (non-hydrogen) atoms. The minimum absolute atomic E-state index is 0.0628. The number of aliphatic imine (C=N–C) groups is 1. The first-order chi connectivity index (χ1) is 12.0. The van der Waals surface area contributed by atoms with Gasteiger partial charge in [-0.3, -0.25) is 4.79 Å². The van der Waals surface area contributed by atoms with Crippen molar-refractivity contribution < 1.29 is 9.18 Å². The molecule has 1 N–H and O–H groups in total. The molecule has 0 aliphatic rings. The molecule has 0 atom stereocenters. The van der Waals surface area contributed by atoms with Gasteiger partial charge in [0.2, 0.25) is 5.91 Å². The molecule has 134 valence electrons. The predicted octanol–water partition coefficient (Wildman–Crippen LogP) is 2.55. The number of amides is 1. The molecule has 1 aromatic heterocycles. The van der Waals surface area contributed by atoms with E-state index in [9.17, 15) is 9.18 Å². The highest BCUT2D eigenvalue weighted by Crippen LogP contribution is 2.09. The van der Waals surface area contributed by atoms with Crippen LogP contribution >= 0.6 is 11.3 Å². The van der Waals surface area contributed by atoms with Crippen LogP contribution in [0.2, 0.25) is 0 Å². The first-order valence-corrected chi connectivity index (χ1v) is 8.80. The van der Waals surface area contributed by atoms with Gasteiger partial charge in [-0.1, -0.05) is 18.2 Å². The zero-order valence-electron chi connectivity index (χ0n) is 14.7. The van der Waals surface area contributed by atoms with E-state index in [-0.39, 0.29) is 18.3 Å². The van der Waals surface area contributed by atoms with Gasteiger partial charge < -0.3 is 15.1 Å². The first kappa shape index (κ1) is 18.9. The molecule has 7 heteroatoms. The molecule has 0 unspecified atom stereocenters. The van der Waals surface area contributed by atoms with Crippen molar-refractivity contribution in [1.82, 2.24) is 15.1 Å². The lowest BCUT2D eigenvalue weighted by Crippen LogP contribution is -2.39. The number of thiophene rings is 1. The largest absolute Gasteiger partial charge is 0.351 e. The molecular formula is C18H23FN4OS. The standard InChI is InChI=1S/C18H23FN4OS/c1-22(2)17(24)12-21-18(20-11-16-8-5-9-25-16)23(3)13-14-6-4-7-15(19)10-14/h4-10H,11-13H2,1-3H3,(H,20,21). The lowest BCUT2D eigenvalue weighted by molar-refractivity contribution is -0.127. The summed E-state index contributed by atoms with van der Waals surface area (Å²) < 4.78 is 13.4. The lowest BCUT2D eigenvalue weighted by atomic mass is 10.2. The topological polar surface area (TPSA) is 47.9 Å². The Morgan fingerprint density at radius 3 is 2.68 bits per heavy atom. The Hall–Kier alpha value is -2.41. The highest BCUT2D eigenvalue weighted by atomic mass is 32.1. The van der Waals surface area contributed by atoms with Gasteiger partial charge in [0, 0.05) is 32.6 Å². The number of benzene rings is 1. The van der Waals surface area contributed by atoms with Crippen LogP contribution in [0.1, 0.15) is 10.4 Å². The smallest absolute Gasteiger partial charge is 0.243 e. The van der Waals surface area contributed by atoms with Gasteiger partial charge in [-0.2, -0.15) is 0 Å². The highest BCUT2D eigenvalue weighted by Gasteiger charge is 2.10. The second kappa shape index (κ2) is 9.17. The number of carbonyl (C=O) groups is 1. The van der Waals surface area contributed by atoms with Gasteiger partial charge in [0.05, 0.1) is 6.54 Å². The SMILES string of the molecule is CN(C)C(=O)CN=C(NCc1cccs1)N(C)Cc1cccc(F)c1. The summed E-state index contributed by atoms with van der Waals surface area (Å²) in [6.45, 7) is 1.18. The van der Waals surface area contributed by atoms with Crippen molar-refractivity contribution >= 4 is 23.2 Å². The maximum Gasteiger partial charge on any atom is 0.243 e. The third-order valence-electron chi connectivity index (χ3n) is 3.53. The van der Waals surface area contributed by atoms with Crippen molar-refractivity contribution in [1.29, 1.82) is 0 Å². The van der Waals surface area contributed by atoms with E-state index in [1.807, 2.05) is 35.5 Å². The number of carbonyl (C=O) groups excluding carboxylic acids is 1. The van der Waals surface area contributed by atoms with E-state index in [0.717, 1.165) is 5.56 Å². The first-order valence-electron chi connectivity index (χ1n) is 7.92. The molecule has 0 fully saturated rings. The fourth-order valence-corrected chi connectivity index (χ4v) is 2.80. The van der Waals surface area contributed by atoms with Crippen molar-refractivity contribution in [3.63, 3.8) is 0 Å². The van der Waals surface area contributed by atoms with Crippen LogP contribution < -0.4 is 5.32 Å². The summed E-state index contributed by atoms with van der Waals surface area (Å²) >= 11 is 1.65. The molecule has 2 aromatic rings. The van der Waals surface area contributed by atoms with Crippen LogP contribution in [0.4, 0.5) is 4.39 Å². The molecule has 0 spiro atoms. The van der Waals surface area contributed by atoms with Crippen LogP contribution in [-0.4, -0.2) is 49.4 Å². The minimum Gasteiger partial charge on any atom is -0.351 e. The molecule has 1 heterocycles. The van der Waals surface area contributed by atoms with Gasteiger partial charge in [0.1, 0.15) is 12.4 Å². The Labute approximate surface area is 151 Å². The summed E-state index contributed by atoms with van der Waals surface area (Å²) in [5, 5.41) is 5.29. The molecule has 1 amide bonds. The van der Waals surface area contributed by atoms with E-state index in [0.29, 0.717) is 19.0 Å². The van der Waals surface area contributed by atoms with E-state index >= 15 is 0 Å². The number of hydrogen-bond donors (Lipinski definition) is 1. The number of halogens is 1. The predicted molar refractivity (Wildman–Crippen MR) is 100 cm³/mol. The number of nitrogens with one attached hydrogen (secondary N) is 1.